The quantitative estimate of drug-likeness (QED) is 0.732. The number of nitriles is 1. The fourth-order valence-electron chi connectivity index (χ4n) is 1.45. The lowest BCUT2D eigenvalue weighted by Gasteiger charge is -2.02. The van der Waals surface area contributed by atoms with Gasteiger partial charge in [0.25, 0.3) is 0 Å². The molecule has 1 N–H and O–H groups in total. The van der Waals surface area contributed by atoms with Crippen molar-refractivity contribution in [2.45, 2.75) is 6.61 Å². The maximum absolute atomic E-state index is 9.08. The van der Waals surface area contributed by atoms with Crippen LogP contribution in [0.15, 0.2) is 30.3 Å². The van der Waals surface area contributed by atoms with Crippen LogP contribution in [0.3, 0.4) is 0 Å². The number of benzene rings is 1. The highest BCUT2D eigenvalue weighted by molar-refractivity contribution is 5.85. The summed E-state index contributed by atoms with van der Waals surface area (Å²) in [5.74, 6) is 0. The molecule has 0 bridgehead atoms. The van der Waals surface area contributed by atoms with Gasteiger partial charge in [-0.15, -0.1) is 0 Å². The van der Waals surface area contributed by atoms with Gasteiger partial charge in [0.05, 0.1) is 12.3 Å². The molecule has 1 aromatic heterocycles. The first-order chi connectivity index (χ1) is 6.85. The molecule has 68 valence electrons. The van der Waals surface area contributed by atoms with Crippen LogP contribution in [0.5, 0.6) is 0 Å². The molecule has 1 heterocycles. The van der Waals surface area contributed by atoms with Gasteiger partial charge in [-0.2, -0.15) is 5.26 Å². The van der Waals surface area contributed by atoms with Crippen molar-refractivity contribution < 1.29 is 5.11 Å². The van der Waals surface area contributed by atoms with Crippen LogP contribution in [-0.2, 0) is 6.61 Å². The fraction of sp³-hybridized carbons (Fsp3) is 0.0909. The van der Waals surface area contributed by atoms with Crippen LogP contribution in [0.25, 0.3) is 10.8 Å². The Hall–Kier alpha value is -1.92. The van der Waals surface area contributed by atoms with Gasteiger partial charge in [-0.25, -0.2) is 4.98 Å². The maximum Gasteiger partial charge on any atom is 0.141 e. The van der Waals surface area contributed by atoms with Crippen molar-refractivity contribution in [2.75, 3.05) is 0 Å². The Balaban J connectivity index is 2.81. The van der Waals surface area contributed by atoms with E-state index in [0.29, 0.717) is 11.4 Å². The van der Waals surface area contributed by atoms with E-state index in [9.17, 15) is 0 Å². The van der Waals surface area contributed by atoms with Gasteiger partial charge in [0.1, 0.15) is 11.8 Å². The van der Waals surface area contributed by atoms with Crippen LogP contribution in [0.4, 0.5) is 0 Å². The Kier molecular flexibility index (Phi) is 2.13. The first-order valence-electron chi connectivity index (χ1n) is 4.25. The predicted octanol–water partition coefficient (Wildman–Crippen LogP) is 1.60. The van der Waals surface area contributed by atoms with Crippen molar-refractivity contribution in [3.05, 3.63) is 41.7 Å². The lowest BCUT2D eigenvalue weighted by Crippen LogP contribution is -1.94. The summed E-state index contributed by atoms with van der Waals surface area (Å²) in [7, 11) is 0. The summed E-state index contributed by atoms with van der Waals surface area (Å²) in [5, 5.41) is 19.6. The van der Waals surface area contributed by atoms with E-state index >= 15 is 0 Å². The zero-order valence-electron chi connectivity index (χ0n) is 7.44. The second-order valence-corrected chi connectivity index (χ2v) is 2.95. The number of nitrogens with zero attached hydrogens (tertiary/aromatic N) is 2. The molecule has 2 aromatic rings. The van der Waals surface area contributed by atoms with Gasteiger partial charge in [-0.3, -0.25) is 0 Å². The van der Waals surface area contributed by atoms with Crippen molar-refractivity contribution in [2.24, 2.45) is 0 Å². The number of pyridine rings is 1. The Morgan fingerprint density at radius 1 is 1.36 bits per heavy atom. The second-order valence-electron chi connectivity index (χ2n) is 2.95. The molecule has 14 heavy (non-hydrogen) atoms. The van der Waals surface area contributed by atoms with Crippen molar-refractivity contribution in [3.8, 4) is 6.07 Å². The summed E-state index contributed by atoms with van der Waals surface area (Å²) < 4.78 is 0. The second kappa shape index (κ2) is 3.44. The van der Waals surface area contributed by atoms with E-state index < -0.39 is 0 Å². The first kappa shape index (κ1) is 8.67. The highest BCUT2D eigenvalue weighted by atomic mass is 16.3. The van der Waals surface area contributed by atoms with Crippen molar-refractivity contribution >= 4 is 10.8 Å². The normalized spacial score (nSPS) is 10.0. The van der Waals surface area contributed by atoms with Gasteiger partial charge in [0, 0.05) is 5.39 Å². The average Bonchev–Trinajstić information content (AvgIpc) is 2.27. The fourth-order valence-corrected chi connectivity index (χ4v) is 1.45. The Morgan fingerprint density at radius 3 is 2.86 bits per heavy atom. The Bertz CT molecular complexity index is 514. The number of fused-ring (bicyclic) bond motifs is 1. The minimum absolute atomic E-state index is 0.143. The monoisotopic (exact) mass is 184 g/mol. The molecule has 1 aromatic carbocycles. The third-order valence-electron chi connectivity index (χ3n) is 2.08. The van der Waals surface area contributed by atoms with E-state index in [1.807, 2.05) is 30.3 Å². The molecule has 0 aliphatic rings. The smallest absolute Gasteiger partial charge is 0.141 e. The highest BCUT2D eigenvalue weighted by Crippen LogP contribution is 2.17. The van der Waals surface area contributed by atoms with E-state index in [2.05, 4.69) is 4.98 Å². The molecule has 0 spiro atoms. The van der Waals surface area contributed by atoms with Crippen molar-refractivity contribution in [1.82, 2.24) is 4.98 Å². The molecule has 0 radical (unpaired) electrons. The van der Waals surface area contributed by atoms with Gasteiger partial charge < -0.3 is 5.11 Å². The van der Waals surface area contributed by atoms with Crippen molar-refractivity contribution in [3.63, 3.8) is 0 Å². The summed E-state index contributed by atoms with van der Waals surface area (Å²) in [5.41, 5.74) is 0.896. The summed E-state index contributed by atoms with van der Waals surface area (Å²) in [6.07, 6.45) is 0. The molecule has 0 atom stereocenters. The molecule has 0 fully saturated rings. The van der Waals surface area contributed by atoms with Crippen LogP contribution in [-0.4, -0.2) is 10.1 Å². The van der Waals surface area contributed by atoms with E-state index in [1.54, 1.807) is 6.07 Å². The number of hydrogen-bond donors (Lipinski definition) is 1. The molecule has 3 nitrogen and oxygen atoms in total. The van der Waals surface area contributed by atoms with Crippen LogP contribution in [0.2, 0.25) is 0 Å². The molecule has 3 heteroatoms. The number of aromatic nitrogens is 1. The van der Waals surface area contributed by atoms with Gasteiger partial charge in [0.15, 0.2) is 0 Å². The lowest BCUT2D eigenvalue weighted by molar-refractivity contribution is 0.278. The van der Waals surface area contributed by atoms with Crippen LogP contribution in [0.1, 0.15) is 11.4 Å². The third-order valence-corrected chi connectivity index (χ3v) is 2.08. The van der Waals surface area contributed by atoms with Gasteiger partial charge in [0.2, 0.25) is 0 Å². The highest BCUT2D eigenvalue weighted by Gasteiger charge is 2.03. The SMILES string of the molecule is N#Cc1cc2ccccc2c(CO)n1. The maximum atomic E-state index is 9.08. The largest absolute Gasteiger partial charge is 0.390 e. The Morgan fingerprint density at radius 2 is 2.14 bits per heavy atom. The summed E-state index contributed by atoms with van der Waals surface area (Å²) in [6.45, 7) is -0.143. The summed E-state index contributed by atoms with van der Waals surface area (Å²) in [6, 6.07) is 11.2. The molecule has 2 rings (SSSR count). The van der Waals surface area contributed by atoms with Crippen molar-refractivity contribution in [1.29, 1.82) is 5.26 Å². The molecule has 0 saturated heterocycles. The summed E-state index contributed by atoms with van der Waals surface area (Å²) >= 11 is 0. The van der Waals surface area contributed by atoms with E-state index in [4.69, 9.17) is 10.4 Å². The number of rotatable bonds is 1. The van der Waals surface area contributed by atoms with E-state index in [0.717, 1.165) is 10.8 Å². The molecule has 0 amide bonds. The number of aliphatic hydroxyl groups is 1. The molecular formula is C11H8N2O. The van der Waals surface area contributed by atoms with Gasteiger partial charge in [-0.05, 0) is 11.5 Å². The van der Waals surface area contributed by atoms with E-state index in [1.165, 1.54) is 0 Å². The zero-order chi connectivity index (χ0) is 9.97. The van der Waals surface area contributed by atoms with Gasteiger partial charge >= 0.3 is 0 Å². The summed E-state index contributed by atoms with van der Waals surface area (Å²) in [4.78, 5) is 4.03. The standard InChI is InChI=1S/C11H8N2O/c12-6-9-5-8-3-1-2-4-10(8)11(7-14)13-9/h1-5,14H,7H2. The minimum Gasteiger partial charge on any atom is -0.390 e. The van der Waals surface area contributed by atoms with Crippen LogP contribution in [0, 0.1) is 11.3 Å². The molecule has 0 aliphatic carbocycles. The number of hydrogen-bond acceptors (Lipinski definition) is 3. The average molecular weight is 184 g/mol. The first-order valence-corrected chi connectivity index (χ1v) is 4.25. The topological polar surface area (TPSA) is 56.9 Å². The lowest BCUT2D eigenvalue weighted by atomic mass is 10.1. The molecule has 0 saturated carbocycles. The van der Waals surface area contributed by atoms with Crippen LogP contribution < -0.4 is 0 Å². The molecule has 0 aliphatic heterocycles. The zero-order valence-corrected chi connectivity index (χ0v) is 7.44. The van der Waals surface area contributed by atoms with Gasteiger partial charge in [-0.1, -0.05) is 24.3 Å². The predicted molar refractivity (Wildman–Crippen MR) is 52.4 cm³/mol. The number of aliphatic hydroxyl groups excluding tert-OH is 1. The third kappa shape index (κ3) is 1.32. The minimum atomic E-state index is -0.143. The van der Waals surface area contributed by atoms with E-state index in [-0.39, 0.29) is 6.61 Å². The molecular weight excluding hydrogens is 176 g/mol. The molecule has 0 unspecified atom stereocenters. The Labute approximate surface area is 81.2 Å². The van der Waals surface area contributed by atoms with Crippen LogP contribution >= 0.6 is 0 Å².